The smallest absolute Gasteiger partial charge is 0.354 e. The quantitative estimate of drug-likeness (QED) is 0.861. The highest BCUT2D eigenvalue weighted by Crippen LogP contribution is 2.21. The third kappa shape index (κ3) is 2.83. The number of hydrogen-bond acceptors (Lipinski definition) is 4. The summed E-state index contributed by atoms with van der Waals surface area (Å²) in [6.45, 7) is -0.0187. The molecule has 1 aromatic heterocycles. The number of hydrogen-bond donors (Lipinski definition) is 2. The van der Waals surface area contributed by atoms with Crippen LogP contribution >= 0.6 is 0 Å². The van der Waals surface area contributed by atoms with Gasteiger partial charge >= 0.3 is 5.97 Å². The van der Waals surface area contributed by atoms with E-state index in [1.165, 1.54) is 18.3 Å². The van der Waals surface area contributed by atoms with E-state index < -0.39 is 5.97 Å². The van der Waals surface area contributed by atoms with Gasteiger partial charge in [0, 0.05) is 0 Å². The molecule has 5 heteroatoms. The zero-order valence-corrected chi connectivity index (χ0v) is 9.41. The molecular formula is C13H11NO4. The van der Waals surface area contributed by atoms with Crippen molar-refractivity contribution in [1.82, 2.24) is 4.98 Å². The molecule has 1 aromatic carbocycles. The highest BCUT2D eigenvalue weighted by Gasteiger charge is 2.04. The van der Waals surface area contributed by atoms with Gasteiger partial charge in [-0.2, -0.15) is 0 Å². The highest BCUT2D eigenvalue weighted by atomic mass is 16.5. The summed E-state index contributed by atoms with van der Waals surface area (Å²) in [5.74, 6) is -0.0253. The van der Waals surface area contributed by atoms with Crippen LogP contribution in [-0.2, 0) is 6.61 Å². The van der Waals surface area contributed by atoms with E-state index in [0.29, 0.717) is 11.5 Å². The third-order valence-electron chi connectivity index (χ3n) is 2.30. The average molecular weight is 245 g/mol. The summed E-state index contributed by atoms with van der Waals surface area (Å²) in [5, 5.41) is 17.6. The van der Waals surface area contributed by atoms with E-state index in [9.17, 15) is 4.79 Å². The zero-order chi connectivity index (χ0) is 13.0. The number of ether oxygens (including phenoxy) is 1. The number of benzene rings is 1. The second-order valence-electron chi connectivity index (χ2n) is 3.59. The van der Waals surface area contributed by atoms with Crippen molar-refractivity contribution in [3.63, 3.8) is 0 Å². The van der Waals surface area contributed by atoms with Crippen molar-refractivity contribution in [3.05, 3.63) is 53.9 Å². The van der Waals surface area contributed by atoms with Gasteiger partial charge in [-0.3, -0.25) is 0 Å². The van der Waals surface area contributed by atoms with E-state index in [4.69, 9.17) is 14.9 Å². The van der Waals surface area contributed by atoms with Gasteiger partial charge < -0.3 is 14.9 Å². The Bertz CT molecular complexity index is 534. The molecule has 0 radical (unpaired) electrons. The summed E-state index contributed by atoms with van der Waals surface area (Å²) in [5.41, 5.74) is 0.764. The Morgan fingerprint density at radius 3 is 2.28 bits per heavy atom. The van der Waals surface area contributed by atoms with Crippen molar-refractivity contribution in [2.45, 2.75) is 6.61 Å². The van der Waals surface area contributed by atoms with Crippen LogP contribution in [0.15, 0.2) is 42.6 Å². The van der Waals surface area contributed by atoms with E-state index in [1.807, 2.05) is 0 Å². The second kappa shape index (κ2) is 5.29. The van der Waals surface area contributed by atoms with Crippen LogP contribution < -0.4 is 4.74 Å². The van der Waals surface area contributed by atoms with Crippen molar-refractivity contribution in [2.24, 2.45) is 0 Å². The van der Waals surface area contributed by atoms with E-state index in [-0.39, 0.29) is 12.3 Å². The van der Waals surface area contributed by atoms with Crippen LogP contribution in [0.4, 0.5) is 0 Å². The maximum atomic E-state index is 10.6. The lowest BCUT2D eigenvalue weighted by molar-refractivity contribution is 0.0690. The highest BCUT2D eigenvalue weighted by molar-refractivity contribution is 5.85. The van der Waals surface area contributed by atoms with Crippen LogP contribution in [0.5, 0.6) is 11.5 Å². The lowest BCUT2D eigenvalue weighted by Crippen LogP contribution is -1.99. The van der Waals surface area contributed by atoms with E-state index >= 15 is 0 Å². The Balaban J connectivity index is 2.10. The molecule has 0 unspecified atom stereocenters. The first-order valence-electron chi connectivity index (χ1n) is 5.26. The second-order valence-corrected chi connectivity index (χ2v) is 3.59. The Hall–Kier alpha value is -2.40. The Morgan fingerprint density at radius 1 is 1.11 bits per heavy atom. The lowest BCUT2D eigenvalue weighted by atomic mass is 10.2. The summed E-state index contributed by atoms with van der Waals surface area (Å²) in [4.78, 5) is 14.4. The number of nitrogens with zero attached hydrogens (tertiary/aromatic N) is 1. The maximum absolute atomic E-state index is 10.6. The van der Waals surface area contributed by atoms with Gasteiger partial charge in [-0.05, 0) is 29.8 Å². The third-order valence-corrected chi connectivity index (χ3v) is 2.30. The van der Waals surface area contributed by atoms with Gasteiger partial charge in [0.1, 0.15) is 17.2 Å². The summed E-state index contributed by atoms with van der Waals surface area (Å²) < 4.78 is 5.48. The first-order chi connectivity index (χ1) is 8.69. The van der Waals surface area contributed by atoms with Crippen LogP contribution in [0.25, 0.3) is 0 Å². The standard InChI is InChI=1S/C13H11NO4/c15-8-9-1-3-10(4-2-9)18-11-5-6-12(13(16)17)14-7-11/h1-7,15H,8H2,(H,16,17). The van der Waals surface area contributed by atoms with Gasteiger partial charge in [0.15, 0.2) is 0 Å². The average Bonchev–Trinajstić information content (AvgIpc) is 2.40. The molecule has 0 aliphatic heterocycles. The maximum Gasteiger partial charge on any atom is 0.354 e. The molecule has 0 bridgehead atoms. The normalized spacial score (nSPS) is 10.1. The first-order valence-corrected chi connectivity index (χ1v) is 5.26. The van der Waals surface area contributed by atoms with Crippen molar-refractivity contribution in [1.29, 1.82) is 0 Å². The van der Waals surface area contributed by atoms with Gasteiger partial charge in [0.2, 0.25) is 0 Å². The van der Waals surface area contributed by atoms with Gasteiger partial charge in [-0.1, -0.05) is 12.1 Å². The number of pyridine rings is 1. The molecule has 2 rings (SSSR count). The number of carboxylic acids is 1. The first kappa shape index (κ1) is 12.1. The fourth-order valence-corrected chi connectivity index (χ4v) is 1.37. The largest absolute Gasteiger partial charge is 0.477 e. The van der Waals surface area contributed by atoms with Crippen LogP contribution in [0.3, 0.4) is 0 Å². The van der Waals surface area contributed by atoms with Crippen molar-refractivity contribution in [3.8, 4) is 11.5 Å². The predicted octanol–water partition coefficient (Wildman–Crippen LogP) is 2.06. The molecule has 1 heterocycles. The fourth-order valence-electron chi connectivity index (χ4n) is 1.37. The molecule has 2 aromatic rings. The summed E-state index contributed by atoms with van der Waals surface area (Å²) >= 11 is 0. The molecule has 0 aliphatic carbocycles. The van der Waals surface area contributed by atoms with Crippen molar-refractivity contribution in [2.75, 3.05) is 0 Å². The molecule has 0 spiro atoms. The minimum Gasteiger partial charge on any atom is -0.477 e. The fraction of sp³-hybridized carbons (Fsp3) is 0.0769. The number of aromatic nitrogens is 1. The molecule has 92 valence electrons. The molecule has 5 nitrogen and oxygen atoms in total. The van der Waals surface area contributed by atoms with Crippen LogP contribution in [0, 0.1) is 0 Å². The number of aliphatic hydroxyl groups excluding tert-OH is 1. The molecule has 0 saturated carbocycles. The summed E-state index contributed by atoms with van der Waals surface area (Å²) in [7, 11) is 0. The van der Waals surface area contributed by atoms with Gasteiger partial charge in [-0.15, -0.1) is 0 Å². The van der Waals surface area contributed by atoms with Crippen LogP contribution in [0.1, 0.15) is 16.1 Å². The van der Waals surface area contributed by atoms with E-state index in [1.54, 1.807) is 24.3 Å². The van der Waals surface area contributed by atoms with Crippen molar-refractivity contribution >= 4 is 5.97 Å². The lowest BCUT2D eigenvalue weighted by Gasteiger charge is -2.05. The minimum absolute atomic E-state index is 0.0187. The molecule has 0 fully saturated rings. The van der Waals surface area contributed by atoms with Crippen LogP contribution in [0.2, 0.25) is 0 Å². The van der Waals surface area contributed by atoms with Gasteiger partial charge in [0.05, 0.1) is 12.8 Å². The Kier molecular flexibility index (Phi) is 3.54. The number of carbonyl (C=O) groups is 1. The van der Waals surface area contributed by atoms with E-state index in [2.05, 4.69) is 4.98 Å². The zero-order valence-electron chi connectivity index (χ0n) is 9.41. The minimum atomic E-state index is -1.08. The molecule has 0 atom stereocenters. The number of aliphatic hydroxyl groups is 1. The predicted molar refractivity (Wildman–Crippen MR) is 63.6 cm³/mol. The number of carboxylic acid groups (broad SMARTS) is 1. The van der Waals surface area contributed by atoms with E-state index in [0.717, 1.165) is 5.56 Å². The molecule has 18 heavy (non-hydrogen) atoms. The summed E-state index contributed by atoms with van der Waals surface area (Å²) in [6, 6.07) is 9.84. The monoisotopic (exact) mass is 245 g/mol. The topological polar surface area (TPSA) is 79.7 Å². The molecule has 0 aliphatic rings. The van der Waals surface area contributed by atoms with Crippen LogP contribution in [-0.4, -0.2) is 21.2 Å². The van der Waals surface area contributed by atoms with Gasteiger partial charge in [0.25, 0.3) is 0 Å². The Labute approximate surface area is 103 Å². The van der Waals surface area contributed by atoms with Gasteiger partial charge in [-0.25, -0.2) is 9.78 Å². The van der Waals surface area contributed by atoms with Crippen molar-refractivity contribution < 1.29 is 19.7 Å². The SMILES string of the molecule is O=C(O)c1ccc(Oc2ccc(CO)cc2)cn1. The Morgan fingerprint density at radius 2 is 1.78 bits per heavy atom. The number of aromatic carboxylic acids is 1. The molecule has 2 N–H and O–H groups in total. The molecule has 0 amide bonds. The molecule has 0 saturated heterocycles. The summed E-state index contributed by atoms with van der Waals surface area (Å²) in [6.07, 6.45) is 1.35. The number of rotatable bonds is 4. The molecular weight excluding hydrogens is 234 g/mol.